The second-order valence-electron chi connectivity index (χ2n) is 5.47. The van der Waals surface area contributed by atoms with Gasteiger partial charge in [0.25, 0.3) is 5.91 Å². The molecule has 1 fully saturated rings. The topological polar surface area (TPSA) is 75.7 Å². The first-order valence-electron chi connectivity index (χ1n) is 7.56. The third kappa shape index (κ3) is 3.27. The lowest BCUT2D eigenvalue weighted by atomic mass is 10.2. The normalized spacial score (nSPS) is 14.7. The lowest BCUT2D eigenvalue weighted by Crippen LogP contribution is -2.41. The highest BCUT2D eigenvalue weighted by molar-refractivity contribution is 7.89. The van der Waals surface area contributed by atoms with Gasteiger partial charge < -0.3 is 10.1 Å². The molecule has 0 aromatic heterocycles. The van der Waals surface area contributed by atoms with Crippen molar-refractivity contribution in [2.45, 2.75) is 11.3 Å². The van der Waals surface area contributed by atoms with Crippen LogP contribution in [0.15, 0.2) is 53.4 Å². The summed E-state index contributed by atoms with van der Waals surface area (Å²) in [5, 5.41) is 2.74. The number of carbonyl (C=O) groups is 1. The fraction of sp³-hybridized carbons (Fsp3) is 0.235. The Hall–Kier alpha value is -2.38. The first-order chi connectivity index (χ1) is 11.5. The highest BCUT2D eigenvalue weighted by atomic mass is 32.2. The Labute approximate surface area is 141 Å². The molecule has 0 radical (unpaired) electrons. The molecule has 2 aromatic rings. The summed E-state index contributed by atoms with van der Waals surface area (Å²) in [6.07, 6.45) is 0.870. The van der Waals surface area contributed by atoms with E-state index in [-0.39, 0.29) is 10.8 Å². The van der Waals surface area contributed by atoms with Gasteiger partial charge in [0.1, 0.15) is 5.75 Å². The number of rotatable bonds is 5. The number of benzene rings is 2. The zero-order chi connectivity index (χ0) is 17.2. The van der Waals surface area contributed by atoms with E-state index in [0.29, 0.717) is 30.1 Å². The van der Waals surface area contributed by atoms with E-state index in [1.807, 2.05) is 0 Å². The number of carbonyl (C=O) groups excluding carboxylic acids is 1. The van der Waals surface area contributed by atoms with E-state index in [1.54, 1.807) is 43.5 Å². The Morgan fingerprint density at radius 2 is 1.88 bits per heavy atom. The molecule has 1 heterocycles. The summed E-state index contributed by atoms with van der Waals surface area (Å²) < 4.78 is 31.3. The van der Waals surface area contributed by atoms with Crippen molar-refractivity contribution in [3.8, 4) is 5.75 Å². The molecule has 1 saturated heterocycles. The number of sulfonamides is 1. The standard InChI is InChI=1S/C17H18N2O4S/c1-23-15-7-3-6-14(12-15)18-17(20)13-5-2-8-16(11-13)24(21,22)19-9-4-10-19/h2-3,5-8,11-12H,4,9-10H2,1H3,(H,18,20). The van der Waals surface area contributed by atoms with E-state index < -0.39 is 10.0 Å². The number of hydrogen-bond acceptors (Lipinski definition) is 4. The second kappa shape index (κ2) is 6.62. The van der Waals surface area contributed by atoms with E-state index >= 15 is 0 Å². The molecule has 1 aliphatic heterocycles. The molecule has 1 aliphatic rings. The Balaban J connectivity index is 1.81. The summed E-state index contributed by atoms with van der Waals surface area (Å²) in [6, 6.07) is 13.0. The van der Waals surface area contributed by atoms with Crippen molar-refractivity contribution in [3.05, 3.63) is 54.1 Å². The van der Waals surface area contributed by atoms with Crippen LogP contribution in [0.2, 0.25) is 0 Å². The van der Waals surface area contributed by atoms with Crippen LogP contribution >= 0.6 is 0 Å². The number of anilines is 1. The Morgan fingerprint density at radius 3 is 2.54 bits per heavy atom. The monoisotopic (exact) mass is 346 g/mol. The number of nitrogens with zero attached hydrogens (tertiary/aromatic N) is 1. The molecule has 2 aromatic carbocycles. The second-order valence-corrected chi connectivity index (χ2v) is 7.41. The lowest BCUT2D eigenvalue weighted by Gasteiger charge is -2.29. The van der Waals surface area contributed by atoms with Crippen LogP contribution in [0.4, 0.5) is 5.69 Å². The molecule has 0 spiro atoms. The van der Waals surface area contributed by atoms with E-state index in [2.05, 4.69) is 5.32 Å². The number of methoxy groups -OCH3 is 1. The van der Waals surface area contributed by atoms with Gasteiger partial charge in [-0.25, -0.2) is 8.42 Å². The van der Waals surface area contributed by atoms with Crippen molar-refractivity contribution in [2.75, 3.05) is 25.5 Å². The zero-order valence-corrected chi connectivity index (χ0v) is 14.0. The molecular formula is C17H18N2O4S. The maximum atomic E-state index is 12.4. The van der Waals surface area contributed by atoms with Crippen molar-refractivity contribution in [3.63, 3.8) is 0 Å². The minimum Gasteiger partial charge on any atom is -0.497 e. The molecule has 24 heavy (non-hydrogen) atoms. The molecule has 0 unspecified atom stereocenters. The van der Waals surface area contributed by atoms with Gasteiger partial charge in [-0.2, -0.15) is 4.31 Å². The average Bonchev–Trinajstić information content (AvgIpc) is 2.53. The molecule has 6 nitrogen and oxygen atoms in total. The van der Waals surface area contributed by atoms with Gasteiger partial charge in [0, 0.05) is 30.4 Å². The molecule has 0 aliphatic carbocycles. The molecule has 0 atom stereocenters. The Morgan fingerprint density at radius 1 is 1.12 bits per heavy atom. The minimum atomic E-state index is -3.51. The van der Waals surface area contributed by atoms with E-state index in [9.17, 15) is 13.2 Å². The molecule has 0 saturated carbocycles. The van der Waals surface area contributed by atoms with Gasteiger partial charge in [0.15, 0.2) is 0 Å². The van der Waals surface area contributed by atoms with Crippen molar-refractivity contribution in [1.29, 1.82) is 0 Å². The van der Waals surface area contributed by atoms with Crippen LogP contribution in [-0.2, 0) is 10.0 Å². The summed E-state index contributed by atoms with van der Waals surface area (Å²) >= 11 is 0. The van der Waals surface area contributed by atoms with Gasteiger partial charge in [0.2, 0.25) is 10.0 Å². The lowest BCUT2D eigenvalue weighted by molar-refractivity contribution is 0.102. The van der Waals surface area contributed by atoms with Gasteiger partial charge in [-0.3, -0.25) is 4.79 Å². The summed E-state index contributed by atoms with van der Waals surface area (Å²) in [5.74, 6) is 0.255. The van der Waals surface area contributed by atoms with Crippen molar-refractivity contribution < 1.29 is 17.9 Å². The molecule has 0 bridgehead atoms. The molecule has 1 amide bonds. The van der Waals surface area contributed by atoms with Crippen molar-refractivity contribution >= 4 is 21.6 Å². The summed E-state index contributed by atoms with van der Waals surface area (Å²) in [4.78, 5) is 12.5. The Bertz CT molecular complexity index is 860. The summed E-state index contributed by atoms with van der Waals surface area (Å²) in [7, 11) is -1.96. The van der Waals surface area contributed by atoms with E-state index in [0.717, 1.165) is 6.42 Å². The first kappa shape index (κ1) is 16.5. The predicted octanol–water partition coefficient (Wildman–Crippen LogP) is 2.34. The SMILES string of the molecule is COc1cccc(NC(=O)c2cccc(S(=O)(=O)N3CCC3)c2)c1. The number of ether oxygens (including phenoxy) is 1. The largest absolute Gasteiger partial charge is 0.497 e. The molecule has 3 rings (SSSR count). The first-order valence-corrected chi connectivity index (χ1v) is 9.00. The van der Waals surface area contributed by atoms with Crippen LogP contribution in [0.5, 0.6) is 5.75 Å². The van der Waals surface area contributed by atoms with Gasteiger partial charge in [-0.05, 0) is 36.8 Å². The fourth-order valence-corrected chi connectivity index (χ4v) is 3.94. The highest BCUT2D eigenvalue weighted by Gasteiger charge is 2.29. The van der Waals surface area contributed by atoms with Crippen LogP contribution in [0.25, 0.3) is 0 Å². The van der Waals surface area contributed by atoms with Crippen LogP contribution in [0.3, 0.4) is 0 Å². The van der Waals surface area contributed by atoms with Gasteiger partial charge in [-0.15, -0.1) is 0 Å². The third-order valence-electron chi connectivity index (χ3n) is 3.88. The Kier molecular flexibility index (Phi) is 4.55. The number of hydrogen-bond donors (Lipinski definition) is 1. The number of nitrogens with one attached hydrogen (secondary N) is 1. The van der Waals surface area contributed by atoms with Crippen LogP contribution in [0.1, 0.15) is 16.8 Å². The van der Waals surface area contributed by atoms with Crippen molar-refractivity contribution in [2.24, 2.45) is 0 Å². The quantitative estimate of drug-likeness (QED) is 0.902. The van der Waals surface area contributed by atoms with Gasteiger partial charge in [-0.1, -0.05) is 12.1 Å². The van der Waals surface area contributed by atoms with Gasteiger partial charge in [0.05, 0.1) is 12.0 Å². The van der Waals surface area contributed by atoms with Crippen LogP contribution in [0, 0.1) is 0 Å². The maximum absolute atomic E-state index is 12.4. The average molecular weight is 346 g/mol. The maximum Gasteiger partial charge on any atom is 0.255 e. The van der Waals surface area contributed by atoms with Crippen LogP contribution in [-0.4, -0.2) is 38.8 Å². The van der Waals surface area contributed by atoms with E-state index in [4.69, 9.17) is 4.74 Å². The van der Waals surface area contributed by atoms with Crippen molar-refractivity contribution in [1.82, 2.24) is 4.31 Å². The summed E-state index contributed by atoms with van der Waals surface area (Å²) in [5.41, 5.74) is 0.870. The fourth-order valence-electron chi connectivity index (χ4n) is 2.38. The smallest absolute Gasteiger partial charge is 0.255 e. The third-order valence-corrected chi connectivity index (χ3v) is 5.77. The minimum absolute atomic E-state index is 0.139. The molecular weight excluding hydrogens is 328 g/mol. The zero-order valence-electron chi connectivity index (χ0n) is 13.2. The molecule has 7 heteroatoms. The molecule has 126 valence electrons. The van der Waals surface area contributed by atoms with Crippen LogP contribution < -0.4 is 10.1 Å². The number of amides is 1. The molecule has 1 N–H and O–H groups in total. The van der Waals surface area contributed by atoms with E-state index in [1.165, 1.54) is 16.4 Å². The van der Waals surface area contributed by atoms with Gasteiger partial charge >= 0.3 is 0 Å². The summed E-state index contributed by atoms with van der Waals surface area (Å²) in [6.45, 7) is 1.06. The predicted molar refractivity (Wildman–Crippen MR) is 90.8 cm³/mol. The highest BCUT2D eigenvalue weighted by Crippen LogP contribution is 2.23.